The van der Waals surface area contributed by atoms with Crippen molar-refractivity contribution in [2.24, 2.45) is 5.92 Å². The second-order valence-corrected chi connectivity index (χ2v) is 13.0. The van der Waals surface area contributed by atoms with Gasteiger partial charge in [0.25, 0.3) is 14.1 Å². The van der Waals surface area contributed by atoms with Crippen LogP contribution in [0.2, 0.25) is 0 Å². The first-order valence-electron chi connectivity index (χ1n) is 13.9. The normalized spacial score (nSPS) is 22.9. The molecule has 14 heteroatoms. The highest BCUT2D eigenvalue weighted by Crippen LogP contribution is 2.51. The highest BCUT2D eigenvalue weighted by molar-refractivity contribution is 7.47. The number of nitrogens with zero attached hydrogens (tertiary/aromatic N) is 3. The summed E-state index contributed by atoms with van der Waals surface area (Å²) < 4.78 is 40.5. The first kappa shape index (κ1) is 34.9. The molecule has 0 spiro atoms. The lowest BCUT2D eigenvalue weighted by molar-refractivity contribution is -0.0637. The van der Waals surface area contributed by atoms with Crippen molar-refractivity contribution in [2.75, 3.05) is 33.1 Å². The van der Waals surface area contributed by atoms with Gasteiger partial charge in [-0.25, -0.2) is 9.46 Å². The average molecular weight is 605 g/mol. The molecule has 0 radical (unpaired) electrons. The molecule has 0 aromatic carbocycles. The van der Waals surface area contributed by atoms with Gasteiger partial charge in [-0.3, -0.25) is 14.3 Å². The number of aromatic nitrogens is 2. The standard InChI is InChI=1S/C26H46N4O8P2/c1-9-34-39(35-10-2)17-13-20(7)22-23(38-40(36-16-11-14-27)30(18(3)4)19(5)6)24(33-8)25(37-22)29-15-12-21(31)28-26(29)32/h12,15,18-20,22-25H,9-11,13,16-17H2,1-8H3,(H,28,31,32). The van der Waals surface area contributed by atoms with E-state index in [9.17, 15) is 9.59 Å². The van der Waals surface area contributed by atoms with Crippen molar-refractivity contribution >= 4 is 16.9 Å². The molecule has 0 aliphatic carbocycles. The van der Waals surface area contributed by atoms with E-state index < -0.39 is 52.7 Å². The topological polar surface area (TPSA) is 137 Å². The minimum Gasteiger partial charge on any atom is -0.374 e. The second kappa shape index (κ2) is 17.6. The molecule has 1 aliphatic rings. The lowest BCUT2D eigenvalue weighted by Crippen LogP contribution is -2.42. The molecule has 0 amide bonds. The van der Waals surface area contributed by atoms with Crippen LogP contribution < -0.4 is 11.2 Å². The number of hydrogen-bond acceptors (Lipinski definition) is 10. The summed E-state index contributed by atoms with van der Waals surface area (Å²) in [6, 6.07) is 3.60. The molecule has 2 rings (SSSR count). The summed E-state index contributed by atoms with van der Waals surface area (Å²) in [5.74, 6) is -0.0282. The molecule has 1 saturated heterocycles. The van der Waals surface area contributed by atoms with Crippen molar-refractivity contribution in [3.05, 3.63) is 33.1 Å². The number of methoxy groups -OCH3 is 1. The van der Waals surface area contributed by atoms with E-state index in [2.05, 4.69) is 50.3 Å². The minimum atomic E-state index is -1.61. The predicted octanol–water partition coefficient (Wildman–Crippen LogP) is 4.52. The van der Waals surface area contributed by atoms with Crippen LogP contribution >= 0.6 is 16.9 Å². The van der Waals surface area contributed by atoms with Gasteiger partial charge in [0.2, 0.25) is 0 Å². The zero-order valence-corrected chi connectivity index (χ0v) is 26.7. The maximum absolute atomic E-state index is 12.8. The third-order valence-electron chi connectivity index (χ3n) is 6.37. The van der Waals surface area contributed by atoms with Gasteiger partial charge < -0.3 is 27.6 Å². The Bertz CT molecular complexity index is 1020. The largest absolute Gasteiger partial charge is 0.374 e. The number of nitriles is 1. The second-order valence-electron chi connectivity index (χ2n) is 9.98. The Kier molecular flexibility index (Phi) is 15.4. The summed E-state index contributed by atoms with van der Waals surface area (Å²) >= 11 is 0. The molecule has 6 unspecified atom stereocenters. The molecule has 0 bridgehead atoms. The molecule has 1 aliphatic heterocycles. The van der Waals surface area contributed by atoms with Crippen molar-refractivity contribution in [1.29, 1.82) is 5.26 Å². The third-order valence-corrected chi connectivity index (χ3v) is 10.2. The molecular weight excluding hydrogens is 558 g/mol. The SMILES string of the molecule is CCOP(CCC(C)C1OC(n2ccc(=O)[nH]c2=O)C(OC)C1OP(OCCC#N)N(C(C)C)C(C)C)OCC. The van der Waals surface area contributed by atoms with Crippen molar-refractivity contribution in [3.63, 3.8) is 0 Å². The van der Waals surface area contributed by atoms with Crippen LogP contribution in [-0.4, -0.2) is 77.7 Å². The Morgan fingerprint density at radius 2 is 1.75 bits per heavy atom. The van der Waals surface area contributed by atoms with E-state index >= 15 is 0 Å². The van der Waals surface area contributed by atoms with Gasteiger partial charge >= 0.3 is 5.69 Å². The van der Waals surface area contributed by atoms with E-state index in [0.717, 1.165) is 6.42 Å². The van der Waals surface area contributed by atoms with E-state index in [-0.39, 0.29) is 31.0 Å². The molecule has 1 aromatic heterocycles. The molecule has 0 saturated carbocycles. The third kappa shape index (κ3) is 9.65. The molecule has 12 nitrogen and oxygen atoms in total. The summed E-state index contributed by atoms with van der Waals surface area (Å²) in [6.45, 7) is 15.6. The lowest BCUT2D eigenvalue weighted by atomic mass is 9.96. The summed E-state index contributed by atoms with van der Waals surface area (Å²) in [7, 11) is -1.10. The number of hydrogen-bond donors (Lipinski definition) is 1. The van der Waals surface area contributed by atoms with Gasteiger partial charge in [0.15, 0.2) is 14.6 Å². The molecule has 1 aromatic rings. The van der Waals surface area contributed by atoms with Crippen LogP contribution in [0.3, 0.4) is 0 Å². The molecular formula is C26H46N4O8P2. The fraction of sp³-hybridized carbons (Fsp3) is 0.808. The zero-order valence-electron chi connectivity index (χ0n) is 24.9. The molecule has 228 valence electrons. The van der Waals surface area contributed by atoms with Gasteiger partial charge in [-0.05, 0) is 53.9 Å². The van der Waals surface area contributed by atoms with Crippen LogP contribution in [0.4, 0.5) is 0 Å². The Labute approximate surface area is 240 Å². The number of H-pyrrole nitrogens is 1. The quantitative estimate of drug-likeness (QED) is 0.188. The summed E-state index contributed by atoms with van der Waals surface area (Å²) in [4.78, 5) is 26.8. The number of rotatable bonds is 18. The van der Waals surface area contributed by atoms with Crippen molar-refractivity contribution in [3.8, 4) is 6.07 Å². The highest BCUT2D eigenvalue weighted by Gasteiger charge is 2.51. The first-order chi connectivity index (χ1) is 19.1. The van der Waals surface area contributed by atoms with Gasteiger partial charge in [0.05, 0.1) is 38.4 Å². The van der Waals surface area contributed by atoms with Crippen molar-refractivity contribution in [1.82, 2.24) is 14.2 Å². The summed E-state index contributed by atoms with van der Waals surface area (Å²) in [5.41, 5.74) is -1.09. The Balaban J connectivity index is 2.45. The summed E-state index contributed by atoms with van der Waals surface area (Å²) in [6.07, 6.45) is 0.480. The molecule has 6 atom stereocenters. The smallest absolute Gasteiger partial charge is 0.330 e. The fourth-order valence-corrected chi connectivity index (χ4v) is 7.95. The van der Waals surface area contributed by atoms with Crippen LogP contribution in [0.5, 0.6) is 0 Å². The fourth-order valence-electron chi connectivity index (χ4n) is 4.67. The monoisotopic (exact) mass is 604 g/mol. The van der Waals surface area contributed by atoms with Gasteiger partial charge in [-0.2, -0.15) is 5.26 Å². The maximum Gasteiger partial charge on any atom is 0.330 e. The van der Waals surface area contributed by atoms with Gasteiger partial charge in [-0.15, -0.1) is 0 Å². The number of aromatic amines is 1. The Hall–Kier alpha value is -1.25. The average Bonchev–Trinajstić information content (AvgIpc) is 3.24. The van der Waals surface area contributed by atoms with Crippen molar-refractivity contribution < 1.29 is 27.6 Å². The van der Waals surface area contributed by atoms with Crippen LogP contribution in [0.15, 0.2) is 21.9 Å². The van der Waals surface area contributed by atoms with Gasteiger partial charge in [0, 0.05) is 37.6 Å². The summed E-state index contributed by atoms with van der Waals surface area (Å²) in [5, 5.41) is 9.11. The molecule has 40 heavy (non-hydrogen) atoms. The Morgan fingerprint density at radius 3 is 2.27 bits per heavy atom. The lowest BCUT2D eigenvalue weighted by Gasteiger charge is -2.38. The maximum atomic E-state index is 12.8. The van der Waals surface area contributed by atoms with E-state index in [0.29, 0.717) is 19.4 Å². The zero-order chi connectivity index (χ0) is 29.8. The van der Waals surface area contributed by atoms with Crippen LogP contribution in [0.1, 0.15) is 67.5 Å². The van der Waals surface area contributed by atoms with Crippen LogP contribution in [0, 0.1) is 17.2 Å². The Morgan fingerprint density at radius 1 is 1.10 bits per heavy atom. The van der Waals surface area contributed by atoms with Crippen LogP contribution in [-0.2, 0) is 27.6 Å². The predicted molar refractivity (Wildman–Crippen MR) is 155 cm³/mol. The molecule has 2 heterocycles. The highest BCUT2D eigenvalue weighted by atomic mass is 31.2. The minimum absolute atomic E-state index is 0.0282. The van der Waals surface area contributed by atoms with E-state index in [1.807, 2.05) is 13.8 Å². The number of nitrogens with one attached hydrogen (secondary N) is 1. The first-order valence-corrected chi connectivity index (χ1v) is 16.4. The van der Waals surface area contributed by atoms with Gasteiger partial charge in [0.1, 0.15) is 12.2 Å². The van der Waals surface area contributed by atoms with E-state index in [1.54, 1.807) is 7.11 Å². The van der Waals surface area contributed by atoms with Crippen molar-refractivity contribution in [2.45, 2.75) is 97.9 Å². The van der Waals surface area contributed by atoms with E-state index in [1.165, 1.54) is 16.8 Å². The van der Waals surface area contributed by atoms with E-state index in [4.69, 9.17) is 32.8 Å². The molecule has 1 fully saturated rings. The van der Waals surface area contributed by atoms with Gasteiger partial charge in [-0.1, -0.05) is 6.92 Å². The van der Waals surface area contributed by atoms with Crippen LogP contribution in [0.25, 0.3) is 0 Å². The number of ether oxygens (including phenoxy) is 2. The molecule has 1 N–H and O–H groups in total.